The van der Waals surface area contributed by atoms with E-state index in [0.29, 0.717) is 23.2 Å². The fourth-order valence-electron chi connectivity index (χ4n) is 2.59. The molecule has 3 rings (SSSR count). The average Bonchev–Trinajstić information content (AvgIpc) is 3.03. The molecule has 6 nitrogen and oxygen atoms in total. The zero-order chi connectivity index (χ0) is 15.3. The van der Waals surface area contributed by atoms with E-state index in [-0.39, 0.29) is 5.03 Å². The number of fused-ring (bicyclic) bond motifs is 1. The normalized spacial score (nSPS) is 16.5. The Morgan fingerprint density at radius 1 is 1.48 bits per heavy atom. The lowest BCUT2D eigenvalue weighted by atomic mass is 10.0. The Morgan fingerprint density at radius 2 is 2.19 bits per heavy atom. The number of hydrogen-bond donors (Lipinski definition) is 2. The Morgan fingerprint density at radius 3 is 2.81 bits per heavy atom. The van der Waals surface area contributed by atoms with E-state index < -0.39 is 15.6 Å². The molecule has 0 aromatic carbocycles. The third-order valence-corrected chi connectivity index (χ3v) is 6.26. The van der Waals surface area contributed by atoms with Crippen LogP contribution in [0.3, 0.4) is 0 Å². The van der Waals surface area contributed by atoms with Gasteiger partial charge in [0.2, 0.25) is 0 Å². The first-order valence-electron chi connectivity index (χ1n) is 7.08. The molecule has 0 saturated heterocycles. The highest BCUT2D eigenvalue weighted by Crippen LogP contribution is 2.40. The smallest absolute Gasteiger partial charge is 0.260 e. The van der Waals surface area contributed by atoms with Crippen molar-refractivity contribution in [2.24, 2.45) is 5.92 Å². The minimum absolute atomic E-state index is 0.203. The van der Waals surface area contributed by atoms with Gasteiger partial charge in [0.25, 0.3) is 10.0 Å². The van der Waals surface area contributed by atoms with Crippen LogP contribution in [0.4, 0.5) is 5.82 Å². The van der Waals surface area contributed by atoms with E-state index in [2.05, 4.69) is 15.0 Å². The number of rotatable bonds is 6. The summed E-state index contributed by atoms with van der Waals surface area (Å²) >= 11 is 1.42. The third-order valence-electron chi connectivity index (χ3n) is 3.81. The van der Waals surface area contributed by atoms with E-state index in [0.717, 1.165) is 12.8 Å². The molecule has 2 N–H and O–H groups in total. The molecule has 21 heavy (non-hydrogen) atoms. The number of nitrogens with one attached hydrogen (secondary N) is 2. The van der Waals surface area contributed by atoms with Crippen LogP contribution in [0.5, 0.6) is 0 Å². The van der Waals surface area contributed by atoms with Crippen molar-refractivity contribution < 1.29 is 8.42 Å². The standard InChI is InChI=1S/C13H20N4O2S2/c1-4-14-10-11(17-7-8-20-12(17)15-10)21(18,19)16-13(2,3)9-5-6-9/h7-9,14,16H,4-6H2,1-3H3. The Kier molecular flexibility index (Phi) is 3.50. The van der Waals surface area contributed by atoms with Gasteiger partial charge in [-0.25, -0.2) is 18.1 Å². The van der Waals surface area contributed by atoms with Gasteiger partial charge in [-0.1, -0.05) is 0 Å². The van der Waals surface area contributed by atoms with E-state index in [4.69, 9.17) is 0 Å². The Bertz CT molecular complexity index is 756. The molecular formula is C13H20N4O2S2. The van der Waals surface area contributed by atoms with Crippen LogP contribution in [0.1, 0.15) is 33.6 Å². The summed E-state index contributed by atoms with van der Waals surface area (Å²) in [4.78, 5) is 5.05. The first-order chi connectivity index (χ1) is 9.85. The molecule has 2 aromatic rings. The zero-order valence-corrected chi connectivity index (χ0v) is 14.0. The molecular weight excluding hydrogens is 308 g/mol. The molecule has 1 aliphatic carbocycles. The summed E-state index contributed by atoms with van der Waals surface area (Å²) < 4.78 is 30.2. The molecule has 8 heteroatoms. The molecule has 0 amide bonds. The predicted octanol–water partition coefficient (Wildman–Crippen LogP) is 2.29. The Balaban J connectivity index is 2.04. The highest BCUT2D eigenvalue weighted by Gasteiger charge is 2.42. The first-order valence-corrected chi connectivity index (χ1v) is 9.45. The first kappa shape index (κ1) is 14.8. The van der Waals surface area contributed by atoms with Crippen molar-refractivity contribution in [3.63, 3.8) is 0 Å². The van der Waals surface area contributed by atoms with Crippen LogP contribution in [-0.2, 0) is 10.0 Å². The van der Waals surface area contributed by atoms with Gasteiger partial charge in [-0.2, -0.15) is 0 Å². The molecule has 1 fully saturated rings. The van der Waals surface area contributed by atoms with Gasteiger partial charge in [0.05, 0.1) is 0 Å². The number of nitrogens with zero attached hydrogens (tertiary/aromatic N) is 2. The lowest BCUT2D eigenvalue weighted by Gasteiger charge is -2.25. The number of thiazole rings is 1. The van der Waals surface area contributed by atoms with Crippen molar-refractivity contribution in [2.75, 3.05) is 11.9 Å². The summed E-state index contributed by atoms with van der Waals surface area (Å²) in [5, 5.41) is 5.08. The zero-order valence-electron chi connectivity index (χ0n) is 12.4. The second-order valence-corrected chi connectivity index (χ2v) is 8.42. The van der Waals surface area contributed by atoms with Gasteiger partial charge in [0.1, 0.15) is 0 Å². The summed E-state index contributed by atoms with van der Waals surface area (Å²) in [5.74, 6) is 0.837. The molecule has 2 aromatic heterocycles. The number of sulfonamides is 1. The maximum Gasteiger partial charge on any atom is 0.260 e. The molecule has 0 aliphatic heterocycles. The van der Waals surface area contributed by atoms with Crippen LogP contribution >= 0.6 is 11.3 Å². The van der Waals surface area contributed by atoms with Crippen LogP contribution in [0.25, 0.3) is 4.96 Å². The van der Waals surface area contributed by atoms with Crippen LogP contribution < -0.4 is 10.0 Å². The summed E-state index contributed by atoms with van der Waals surface area (Å²) in [5.41, 5.74) is -0.428. The molecule has 1 aliphatic rings. The molecule has 1 saturated carbocycles. The summed E-state index contributed by atoms with van der Waals surface area (Å²) in [6.07, 6.45) is 3.90. The van der Waals surface area contributed by atoms with Crippen LogP contribution in [0.15, 0.2) is 16.6 Å². The van der Waals surface area contributed by atoms with E-state index in [1.54, 1.807) is 10.6 Å². The number of aromatic nitrogens is 2. The maximum absolute atomic E-state index is 12.8. The maximum atomic E-state index is 12.8. The monoisotopic (exact) mass is 328 g/mol. The summed E-state index contributed by atoms with van der Waals surface area (Å²) in [6, 6.07) is 0. The minimum atomic E-state index is -3.63. The van der Waals surface area contributed by atoms with Crippen LogP contribution in [-0.4, -0.2) is 29.9 Å². The van der Waals surface area contributed by atoms with Gasteiger partial charge in [0, 0.05) is 23.7 Å². The van der Waals surface area contributed by atoms with Gasteiger partial charge >= 0.3 is 0 Å². The summed E-state index contributed by atoms with van der Waals surface area (Å²) in [6.45, 7) is 6.44. The molecule has 0 unspecified atom stereocenters. The second-order valence-electron chi connectivity index (χ2n) is 5.95. The van der Waals surface area contributed by atoms with Gasteiger partial charge in [-0.05, 0) is 39.5 Å². The number of anilines is 1. The average molecular weight is 328 g/mol. The van der Waals surface area contributed by atoms with Crippen LogP contribution in [0, 0.1) is 5.92 Å². The van der Waals surface area contributed by atoms with Crippen molar-refractivity contribution in [2.45, 2.75) is 44.2 Å². The predicted molar refractivity (Wildman–Crippen MR) is 84.4 cm³/mol. The van der Waals surface area contributed by atoms with Crippen molar-refractivity contribution >= 4 is 32.1 Å². The van der Waals surface area contributed by atoms with Crippen molar-refractivity contribution in [3.8, 4) is 0 Å². The number of hydrogen-bond acceptors (Lipinski definition) is 5. The lowest BCUT2D eigenvalue weighted by molar-refractivity contribution is 0.400. The fourth-order valence-corrected chi connectivity index (χ4v) is 5.09. The quantitative estimate of drug-likeness (QED) is 0.853. The molecule has 0 bridgehead atoms. The highest BCUT2D eigenvalue weighted by molar-refractivity contribution is 7.89. The SMILES string of the molecule is CCNc1nc2sccn2c1S(=O)(=O)NC(C)(C)C1CC1. The summed E-state index contributed by atoms with van der Waals surface area (Å²) in [7, 11) is -3.63. The van der Waals surface area contributed by atoms with E-state index in [1.165, 1.54) is 11.3 Å². The Labute approximate surface area is 128 Å². The van der Waals surface area contributed by atoms with Crippen molar-refractivity contribution in [3.05, 3.63) is 11.6 Å². The minimum Gasteiger partial charge on any atom is -0.368 e. The third kappa shape index (κ3) is 2.67. The molecule has 2 heterocycles. The fraction of sp³-hybridized carbons (Fsp3) is 0.615. The molecule has 0 atom stereocenters. The van der Waals surface area contributed by atoms with Crippen molar-refractivity contribution in [1.82, 2.24) is 14.1 Å². The van der Waals surface area contributed by atoms with Crippen molar-refractivity contribution in [1.29, 1.82) is 0 Å². The largest absolute Gasteiger partial charge is 0.368 e. The van der Waals surface area contributed by atoms with Gasteiger partial charge in [-0.15, -0.1) is 11.3 Å². The Hall–Kier alpha value is -1.12. The second kappa shape index (κ2) is 4.96. The molecule has 0 spiro atoms. The van der Waals surface area contributed by atoms with Gasteiger partial charge in [-0.3, -0.25) is 4.40 Å². The topological polar surface area (TPSA) is 75.5 Å². The van der Waals surface area contributed by atoms with E-state index >= 15 is 0 Å². The van der Waals surface area contributed by atoms with Gasteiger partial charge < -0.3 is 5.32 Å². The number of imidazole rings is 1. The molecule has 0 radical (unpaired) electrons. The highest BCUT2D eigenvalue weighted by atomic mass is 32.2. The van der Waals surface area contributed by atoms with E-state index in [9.17, 15) is 8.42 Å². The van der Waals surface area contributed by atoms with Crippen LogP contribution in [0.2, 0.25) is 0 Å². The molecule has 116 valence electrons. The van der Waals surface area contributed by atoms with E-state index in [1.807, 2.05) is 26.2 Å². The van der Waals surface area contributed by atoms with Gasteiger partial charge in [0.15, 0.2) is 15.8 Å². The lowest BCUT2D eigenvalue weighted by Crippen LogP contribution is -2.45.